The van der Waals surface area contributed by atoms with Crippen molar-refractivity contribution >= 4 is 31.9 Å². The monoisotopic (exact) mass is 378 g/mol. The second-order valence-electron chi connectivity index (χ2n) is 4.64. The lowest BCUT2D eigenvalue weighted by Crippen LogP contribution is -2.32. The van der Waals surface area contributed by atoms with Gasteiger partial charge >= 0.3 is 0 Å². The number of benzene rings is 1. The van der Waals surface area contributed by atoms with Crippen molar-refractivity contribution < 1.29 is 14.6 Å². The highest BCUT2D eigenvalue weighted by Crippen LogP contribution is 2.37. The molecular weight excluding hydrogens is 364 g/mol. The second-order valence-corrected chi connectivity index (χ2v) is 6.35. The van der Waals surface area contributed by atoms with Crippen LogP contribution in [0.4, 0.5) is 0 Å². The standard InChI is InChI=1S/C13H16Br2O3/c1-17-11-6-10(15)12(7-9(11)14)18-8-13(16)4-2-3-5-13/h6-7,16H,2-5,8H2,1H3. The van der Waals surface area contributed by atoms with Crippen LogP contribution in [-0.4, -0.2) is 24.4 Å². The van der Waals surface area contributed by atoms with Crippen LogP contribution in [0.1, 0.15) is 25.7 Å². The van der Waals surface area contributed by atoms with E-state index in [9.17, 15) is 5.11 Å². The van der Waals surface area contributed by atoms with Gasteiger partial charge in [-0.25, -0.2) is 0 Å². The Bertz CT molecular complexity index is 428. The quantitative estimate of drug-likeness (QED) is 0.861. The zero-order chi connectivity index (χ0) is 13.2. The minimum atomic E-state index is -0.661. The molecule has 0 aliphatic heterocycles. The zero-order valence-corrected chi connectivity index (χ0v) is 13.4. The van der Waals surface area contributed by atoms with E-state index in [0.29, 0.717) is 12.4 Å². The van der Waals surface area contributed by atoms with E-state index < -0.39 is 5.60 Å². The Kier molecular flexibility index (Phi) is 4.56. The van der Waals surface area contributed by atoms with Crippen molar-refractivity contribution in [2.75, 3.05) is 13.7 Å². The molecule has 1 aromatic carbocycles. The van der Waals surface area contributed by atoms with E-state index in [2.05, 4.69) is 31.9 Å². The van der Waals surface area contributed by atoms with Gasteiger partial charge in [0.15, 0.2) is 0 Å². The maximum absolute atomic E-state index is 10.2. The van der Waals surface area contributed by atoms with Gasteiger partial charge in [-0.15, -0.1) is 0 Å². The van der Waals surface area contributed by atoms with Crippen molar-refractivity contribution in [3.05, 3.63) is 21.1 Å². The highest BCUT2D eigenvalue weighted by Gasteiger charge is 2.32. The lowest BCUT2D eigenvalue weighted by Gasteiger charge is -2.22. The molecule has 0 unspecified atom stereocenters. The van der Waals surface area contributed by atoms with Crippen molar-refractivity contribution in [2.24, 2.45) is 0 Å². The van der Waals surface area contributed by atoms with Crippen LogP contribution in [0.25, 0.3) is 0 Å². The van der Waals surface area contributed by atoms with Gasteiger partial charge in [0.05, 0.1) is 21.7 Å². The minimum absolute atomic E-state index is 0.338. The summed E-state index contributed by atoms with van der Waals surface area (Å²) in [6.07, 6.45) is 3.80. The summed E-state index contributed by atoms with van der Waals surface area (Å²) >= 11 is 6.86. The number of aliphatic hydroxyl groups is 1. The van der Waals surface area contributed by atoms with Gasteiger partial charge in [-0.05, 0) is 56.8 Å². The molecular formula is C13H16Br2O3. The summed E-state index contributed by atoms with van der Waals surface area (Å²) in [5, 5.41) is 10.2. The maximum atomic E-state index is 10.2. The molecule has 1 N–H and O–H groups in total. The molecule has 0 spiro atoms. The fourth-order valence-electron chi connectivity index (χ4n) is 2.17. The number of rotatable bonds is 4. The van der Waals surface area contributed by atoms with Crippen LogP contribution < -0.4 is 9.47 Å². The summed E-state index contributed by atoms with van der Waals surface area (Å²) < 4.78 is 12.6. The predicted octanol–water partition coefficient (Wildman–Crippen LogP) is 3.90. The van der Waals surface area contributed by atoms with Crippen LogP contribution in [0.3, 0.4) is 0 Å². The number of hydrogen-bond donors (Lipinski definition) is 1. The average Bonchev–Trinajstić information content (AvgIpc) is 2.77. The first-order valence-corrected chi connectivity index (χ1v) is 7.51. The highest BCUT2D eigenvalue weighted by molar-refractivity contribution is 9.11. The molecule has 2 rings (SSSR count). The molecule has 0 radical (unpaired) electrons. The molecule has 5 heteroatoms. The van der Waals surface area contributed by atoms with E-state index in [4.69, 9.17) is 9.47 Å². The molecule has 0 amide bonds. The van der Waals surface area contributed by atoms with Crippen molar-refractivity contribution in [3.8, 4) is 11.5 Å². The number of halogens is 2. The largest absolute Gasteiger partial charge is 0.496 e. The van der Waals surface area contributed by atoms with Gasteiger partial charge in [0, 0.05) is 0 Å². The third kappa shape index (κ3) is 3.19. The molecule has 0 atom stereocenters. The normalized spacial score (nSPS) is 17.8. The molecule has 1 aliphatic rings. The van der Waals surface area contributed by atoms with Crippen molar-refractivity contribution in [1.29, 1.82) is 0 Å². The van der Waals surface area contributed by atoms with Crippen LogP contribution >= 0.6 is 31.9 Å². The highest BCUT2D eigenvalue weighted by atomic mass is 79.9. The summed E-state index contributed by atoms with van der Waals surface area (Å²) in [4.78, 5) is 0. The van der Waals surface area contributed by atoms with Gasteiger partial charge < -0.3 is 14.6 Å². The SMILES string of the molecule is COc1cc(Br)c(OCC2(O)CCCC2)cc1Br. The van der Waals surface area contributed by atoms with Crippen molar-refractivity contribution in [1.82, 2.24) is 0 Å². The first kappa shape index (κ1) is 14.2. The molecule has 1 aromatic rings. The Labute approximate surface area is 124 Å². The Morgan fingerprint density at radius 1 is 1.17 bits per heavy atom. The van der Waals surface area contributed by atoms with Gasteiger partial charge in [0.25, 0.3) is 0 Å². The number of methoxy groups -OCH3 is 1. The Balaban J connectivity index is 2.07. The molecule has 0 aromatic heterocycles. The van der Waals surface area contributed by atoms with Gasteiger partial charge in [-0.1, -0.05) is 12.8 Å². The van der Waals surface area contributed by atoms with Crippen LogP contribution in [0.15, 0.2) is 21.1 Å². The summed E-state index contributed by atoms with van der Waals surface area (Å²) in [5.41, 5.74) is -0.661. The van der Waals surface area contributed by atoms with E-state index >= 15 is 0 Å². The molecule has 1 saturated carbocycles. The van der Waals surface area contributed by atoms with E-state index in [1.807, 2.05) is 12.1 Å². The second kappa shape index (κ2) is 5.80. The van der Waals surface area contributed by atoms with Gasteiger partial charge in [-0.2, -0.15) is 0 Å². The van der Waals surface area contributed by atoms with Crippen LogP contribution in [0, 0.1) is 0 Å². The predicted molar refractivity (Wildman–Crippen MR) is 77.3 cm³/mol. The van der Waals surface area contributed by atoms with E-state index in [1.54, 1.807) is 7.11 Å². The Hall–Kier alpha value is -0.260. The molecule has 3 nitrogen and oxygen atoms in total. The molecule has 0 bridgehead atoms. The van der Waals surface area contributed by atoms with Crippen molar-refractivity contribution in [2.45, 2.75) is 31.3 Å². The topological polar surface area (TPSA) is 38.7 Å². The van der Waals surface area contributed by atoms with Crippen LogP contribution in [-0.2, 0) is 0 Å². The number of ether oxygens (including phenoxy) is 2. The molecule has 100 valence electrons. The Morgan fingerprint density at radius 2 is 1.72 bits per heavy atom. The Morgan fingerprint density at radius 3 is 2.33 bits per heavy atom. The van der Waals surface area contributed by atoms with Gasteiger partial charge in [-0.3, -0.25) is 0 Å². The lowest BCUT2D eigenvalue weighted by molar-refractivity contribution is 0.00115. The fraction of sp³-hybridized carbons (Fsp3) is 0.538. The van der Waals surface area contributed by atoms with Gasteiger partial charge in [0.1, 0.15) is 18.1 Å². The smallest absolute Gasteiger partial charge is 0.135 e. The third-order valence-corrected chi connectivity index (χ3v) is 4.48. The lowest BCUT2D eigenvalue weighted by atomic mass is 10.0. The third-order valence-electron chi connectivity index (χ3n) is 3.24. The molecule has 1 aliphatic carbocycles. The van der Waals surface area contributed by atoms with E-state index in [-0.39, 0.29) is 0 Å². The fourth-order valence-corrected chi connectivity index (χ4v) is 3.09. The first-order chi connectivity index (χ1) is 8.54. The molecule has 1 fully saturated rings. The zero-order valence-electron chi connectivity index (χ0n) is 10.2. The van der Waals surface area contributed by atoms with Crippen LogP contribution in [0.5, 0.6) is 11.5 Å². The maximum Gasteiger partial charge on any atom is 0.135 e. The van der Waals surface area contributed by atoms with E-state index in [0.717, 1.165) is 40.4 Å². The van der Waals surface area contributed by atoms with E-state index in [1.165, 1.54) is 0 Å². The molecule has 0 saturated heterocycles. The van der Waals surface area contributed by atoms with Gasteiger partial charge in [0.2, 0.25) is 0 Å². The van der Waals surface area contributed by atoms with Crippen molar-refractivity contribution in [3.63, 3.8) is 0 Å². The average molecular weight is 380 g/mol. The summed E-state index contributed by atoms with van der Waals surface area (Å²) in [6.45, 7) is 0.338. The molecule has 0 heterocycles. The number of hydrogen-bond acceptors (Lipinski definition) is 3. The first-order valence-electron chi connectivity index (χ1n) is 5.92. The molecule has 18 heavy (non-hydrogen) atoms. The minimum Gasteiger partial charge on any atom is -0.496 e. The summed E-state index contributed by atoms with van der Waals surface area (Å²) in [7, 11) is 1.62. The summed E-state index contributed by atoms with van der Waals surface area (Å²) in [6, 6.07) is 3.69. The summed E-state index contributed by atoms with van der Waals surface area (Å²) in [5.74, 6) is 1.46. The van der Waals surface area contributed by atoms with Crippen LogP contribution in [0.2, 0.25) is 0 Å².